The van der Waals surface area contributed by atoms with Crippen LogP contribution in [0, 0.1) is 17.0 Å². The number of furan rings is 1. The predicted molar refractivity (Wildman–Crippen MR) is 115 cm³/mol. The summed E-state index contributed by atoms with van der Waals surface area (Å²) in [6.45, 7) is 3.43. The van der Waals surface area contributed by atoms with E-state index in [2.05, 4.69) is 15.2 Å². The molecular formula is C21H16N4O4S. The van der Waals surface area contributed by atoms with Crippen LogP contribution >= 0.6 is 11.8 Å². The summed E-state index contributed by atoms with van der Waals surface area (Å²) in [5.41, 5.74) is 3.09. The van der Waals surface area contributed by atoms with Crippen LogP contribution in [0.3, 0.4) is 0 Å². The Hall–Kier alpha value is -3.59. The molecule has 1 amide bonds. The van der Waals surface area contributed by atoms with Crippen molar-refractivity contribution < 1.29 is 14.1 Å². The number of benzene rings is 2. The lowest BCUT2D eigenvalue weighted by molar-refractivity contribution is -0.384. The molecule has 0 unspecified atom stereocenters. The zero-order valence-corrected chi connectivity index (χ0v) is 16.7. The van der Waals surface area contributed by atoms with Crippen LogP contribution in [-0.4, -0.2) is 29.1 Å². The minimum Gasteiger partial charge on any atom is -0.451 e. The van der Waals surface area contributed by atoms with Gasteiger partial charge in [-0.2, -0.15) is 0 Å². The molecule has 2 aromatic carbocycles. The van der Waals surface area contributed by atoms with Crippen LogP contribution < -0.4 is 10.2 Å². The van der Waals surface area contributed by atoms with Gasteiger partial charge in [-0.05, 0) is 55.1 Å². The van der Waals surface area contributed by atoms with Gasteiger partial charge in [0, 0.05) is 40.4 Å². The maximum atomic E-state index is 12.8. The second kappa shape index (κ2) is 7.03. The van der Waals surface area contributed by atoms with Crippen LogP contribution in [0.25, 0.3) is 11.3 Å². The Bertz CT molecular complexity index is 1220. The summed E-state index contributed by atoms with van der Waals surface area (Å²) in [7, 11) is 0. The first-order valence-corrected chi connectivity index (χ1v) is 10.1. The highest BCUT2D eigenvalue weighted by Gasteiger charge is 2.30. The number of nitro benzene ring substituents is 1. The topological polar surface area (TPSA) is 101 Å². The molecule has 2 aliphatic rings. The molecule has 0 radical (unpaired) electrons. The lowest BCUT2D eigenvalue weighted by atomic mass is 10.1. The summed E-state index contributed by atoms with van der Waals surface area (Å²) in [5.74, 6) is 0.346. The first-order valence-electron chi connectivity index (χ1n) is 9.30. The Morgan fingerprint density at radius 2 is 2.03 bits per heavy atom. The summed E-state index contributed by atoms with van der Waals surface area (Å²) < 4.78 is 5.78. The minimum atomic E-state index is -0.456. The van der Waals surface area contributed by atoms with E-state index >= 15 is 0 Å². The van der Waals surface area contributed by atoms with E-state index in [9.17, 15) is 14.9 Å². The van der Waals surface area contributed by atoms with Gasteiger partial charge >= 0.3 is 0 Å². The number of fused-ring (bicyclic) bond motifs is 3. The lowest BCUT2D eigenvalue weighted by Gasteiger charge is -2.13. The van der Waals surface area contributed by atoms with Crippen molar-refractivity contribution in [3.8, 4) is 11.3 Å². The van der Waals surface area contributed by atoms with Gasteiger partial charge in [0.25, 0.3) is 11.6 Å². The lowest BCUT2D eigenvalue weighted by Crippen LogP contribution is -2.21. The number of nitrogens with one attached hydrogen (secondary N) is 1. The van der Waals surface area contributed by atoms with Crippen molar-refractivity contribution in [1.29, 1.82) is 0 Å². The fourth-order valence-electron chi connectivity index (χ4n) is 3.51. The van der Waals surface area contributed by atoms with Gasteiger partial charge in [0.2, 0.25) is 0 Å². The monoisotopic (exact) mass is 420 g/mol. The second-order valence-corrected chi connectivity index (χ2v) is 7.99. The van der Waals surface area contributed by atoms with Crippen LogP contribution in [0.1, 0.15) is 16.1 Å². The largest absolute Gasteiger partial charge is 0.451 e. The standard InChI is InChI=1S/C21H16N4O4S/c1-12-10-17(13-2-5-15(6-3-13)25(27)28)29-19(12)20(26)23-14-4-7-18-16(11-14)24-9-8-22-21(24)30-18/h2-7,10-11H,8-9H2,1H3,(H,23,26). The summed E-state index contributed by atoms with van der Waals surface area (Å²) in [4.78, 5) is 30.9. The van der Waals surface area contributed by atoms with E-state index in [-0.39, 0.29) is 17.4 Å². The van der Waals surface area contributed by atoms with Gasteiger partial charge in [0.05, 0.1) is 17.2 Å². The number of hydrogen-bond donors (Lipinski definition) is 1. The molecule has 8 nitrogen and oxygen atoms in total. The molecule has 5 rings (SSSR count). The van der Waals surface area contributed by atoms with Crippen LogP contribution in [-0.2, 0) is 0 Å². The highest BCUT2D eigenvalue weighted by atomic mass is 32.2. The number of amidine groups is 1. The molecule has 0 aliphatic carbocycles. The molecule has 0 fully saturated rings. The molecule has 1 N–H and O–H groups in total. The number of non-ortho nitro benzene ring substituents is 1. The van der Waals surface area contributed by atoms with Crippen molar-refractivity contribution in [3.05, 3.63) is 70.0 Å². The molecule has 150 valence electrons. The van der Waals surface area contributed by atoms with E-state index in [1.165, 1.54) is 12.1 Å². The number of carbonyl (C=O) groups excluding carboxylic acids is 1. The molecule has 2 aliphatic heterocycles. The van der Waals surface area contributed by atoms with Gasteiger partial charge in [-0.15, -0.1) is 0 Å². The molecule has 1 aromatic heterocycles. The number of nitro groups is 1. The number of carbonyl (C=O) groups is 1. The van der Waals surface area contributed by atoms with Gasteiger partial charge in [0.15, 0.2) is 10.9 Å². The summed E-state index contributed by atoms with van der Waals surface area (Å²) in [5, 5.41) is 14.7. The van der Waals surface area contributed by atoms with E-state index in [1.807, 2.05) is 18.2 Å². The molecule has 0 bridgehead atoms. The van der Waals surface area contributed by atoms with E-state index in [0.29, 0.717) is 22.6 Å². The average Bonchev–Trinajstić information content (AvgIpc) is 3.42. The Morgan fingerprint density at radius 1 is 1.23 bits per heavy atom. The summed E-state index contributed by atoms with van der Waals surface area (Å²) >= 11 is 1.64. The number of aliphatic imine (C=N–C) groups is 1. The fourth-order valence-corrected chi connectivity index (χ4v) is 4.58. The third kappa shape index (κ3) is 3.13. The molecule has 3 heterocycles. The Balaban J connectivity index is 1.37. The molecule has 0 saturated carbocycles. The normalized spacial score (nSPS) is 14.3. The molecule has 0 atom stereocenters. The Kier molecular flexibility index (Phi) is 4.32. The number of anilines is 2. The highest BCUT2D eigenvalue weighted by molar-refractivity contribution is 8.14. The van der Waals surface area contributed by atoms with Gasteiger partial charge in [-0.1, -0.05) is 0 Å². The quantitative estimate of drug-likeness (QED) is 0.485. The number of thioether (sulfide) groups is 1. The first-order chi connectivity index (χ1) is 14.5. The van der Waals surface area contributed by atoms with E-state index in [0.717, 1.165) is 28.8 Å². The molecule has 30 heavy (non-hydrogen) atoms. The minimum absolute atomic E-state index is 0.000900. The average molecular weight is 420 g/mol. The van der Waals surface area contributed by atoms with Crippen molar-refractivity contribution >= 4 is 39.9 Å². The zero-order chi connectivity index (χ0) is 20.8. The number of amides is 1. The Labute approximate surface area is 175 Å². The van der Waals surface area contributed by atoms with Crippen molar-refractivity contribution in [3.63, 3.8) is 0 Å². The maximum absolute atomic E-state index is 12.8. The third-order valence-electron chi connectivity index (χ3n) is 5.00. The van der Waals surface area contributed by atoms with Crippen molar-refractivity contribution in [2.45, 2.75) is 11.8 Å². The van der Waals surface area contributed by atoms with Crippen LogP contribution in [0.4, 0.5) is 17.1 Å². The smallest absolute Gasteiger partial charge is 0.291 e. The SMILES string of the molecule is Cc1cc(-c2ccc([N+](=O)[O-])cc2)oc1C(=O)Nc1ccc2c(c1)N1CCN=C1S2. The van der Waals surface area contributed by atoms with Gasteiger partial charge in [-0.3, -0.25) is 19.9 Å². The molecule has 3 aromatic rings. The van der Waals surface area contributed by atoms with Gasteiger partial charge in [0.1, 0.15) is 5.76 Å². The zero-order valence-electron chi connectivity index (χ0n) is 15.9. The Morgan fingerprint density at radius 3 is 2.80 bits per heavy atom. The van der Waals surface area contributed by atoms with Crippen molar-refractivity contribution in [1.82, 2.24) is 0 Å². The van der Waals surface area contributed by atoms with Crippen molar-refractivity contribution in [2.24, 2.45) is 4.99 Å². The number of nitrogens with zero attached hydrogens (tertiary/aromatic N) is 3. The van der Waals surface area contributed by atoms with Crippen molar-refractivity contribution in [2.75, 3.05) is 23.3 Å². The van der Waals surface area contributed by atoms with E-state index < -0.39 is 4.92 Å². The summed E-state index contributed by atoms with van der Waals surface area (Å²) in [6.07, 6.45) is 0. The maximum Gasteiger partial charge on any atom is 0.291 e. The second-order valence-electron chi connectivity index (χ2n) is 6.98. The third-order valence-corrected chi connectivity index (χ3v) is 6.09. The van der Waals surface area contributed by atoms with Gasteiger partial charge < -0.3 is 14.6 Å². The number of aryl methyl sites for hydroxylation is 1. The highest BCUT2D eigenvalue weighted by Crippen LogP contribution is 2.43. The van der Waals surface area contributed by atoms with Crippen LogP contribution in [0.5, 0.6) is 0 Å². The fraction of sp³-hybridized carbons (Fsp3) is 0.143. The molecule has 0 spiro atoms. The molecule has 0 saturated heterocycles. The van der Waals surface area contributed by atoms with E-state index in [1.54, 1.807) is 36.9 Å². The number of rotatable bonds is 4. The van der Waals surface area contributed by atoms with E-state index in [4.69, 9.17) is 4.42 Å². The first kappa shape index (κ1) is 18.4. The van der Waals surface area contributed by atoms with Crippen LogP contribution in [0.2, 0.25) is 0 Å². The number of hydrogen-bond acceptors (Lipinski definition) is 7. The van der Waals surface area contributed by atoms with Crippen LogP contribution in [0.15, 0.2) is 62.8 Å². The predicted octanol–water partition coefficient (Wildman–Crippen LogP) is 4.70. The molecule has 9 heteroatoms. The molecular weight excluding hydrogens is 404 g/mol. The summed E-state index contributed by atoms with van der Waals surface area (Å²) in [6, 6.07) is 13.6. The van der Waals surface area contributed by atoms with Gasteiger partial charge in [-0.25, -0.2) is 0 Å².